The molecule has 4 atom stereocenters. The minimum absolute atomic E-state index is 0.475. The van der Waals surface area contributed by atoms with Gasteiger partial charge in [-0.1, -0.05) is 37.1 Å². The molecule has 0 spiro atoms. The van der Waals surface area contributed by atoms with E-state index in [2.05, 4.69) is 29.6 Å². The quantitative estimate of drug-likeness (QED) is 0.832. The molecule has 2 nitrogen and oxygen atoms in total. The molecule has 1 saturated heterocycles. The van der Waals surface area contributed by atoms with Crippen LogP contribution in [0.1, 0.15) is 55.7 Å². The Kier molecular flexibility index (Phi) is 3.53. The first-order chi connectivity index (χ1) is 9.92. The van der Waals surface area contributed by atoms with E-state index in [1.54, 1.807) is 0 Å². The molecule has 1 saturated carbocycles. The molecular weight excluding hydrogens is 244 g/mol. The van der Waals surface area contributed by atoms with Gasteiger partial charge in [-0.15, -0.1) is 0 Å². The zero-order chi connectivity index (χ0) is 13.4. The van der Waals surface area contributed by atoms with Gasteiger partial charge in [0.05, 0.1) is 0 Å². The molecule has 4 rings (SSSR count). The Labute approximate surface area is 122 Å². The van der Waals surface area contributed by atoms with Crippen LogP contribution >= 0.6 is 0 Å². The summed E-state index contributed by atoms with van der Waals surface area (Å²) in [5.41, 5.74) is 3.05. The van der Waals surface area contributed by atoms with Gasteiger partial charge in [0, 0.05) is 18.1 Å². The summed E-state index contributed by atoms with van der Waals surface area (Å²) >= 11 is 0. The Balaban J connectivity index is 1.54. The molecule has 0 amide bonds. The smallest absolute Gasteiger partial charge is 0.0495 e. The van der Waals surface area contributed by atoms with Gasteiger partial charge in [-0.05, 0) is 55.7 Å². The Morgan fingerprint density at radius 1 is 0.950 bits per heavy atom. The third kappa shape index (κ3) is 2.29. The van der Waals surface area contributed by atoms with Crippen molar-refractivity contribution in [2.45, 2.75) is 63.1 Å². The van der Waals surface area contributed by atoms with Gasteiger partial charge in [-0.2, -0.15) is 0 Å². The van der Waals surface area contributed by atoms with Gasteiger partial charge < -0.3 is 5.32 Å². The SMILES string of the molecule is c1ccc2c(c1)CCNC2C1CCC2CCCCC2[N]1. The second-order valence-electron chi connectivity index (χ2n) is 6.79. The zero-order valence-corrected chi connectivity index (χ0v) is 12.2. The molecular formula is C18H25N2. The molecule has 1 radical (unpaired) electrons. The fourth-order valence-corrected chi connectivity index (χ4v) is 4.56. The van der Waals surface area contributed by atoms with Crippen molar-refractivity contribution in [1.82, 2.24) is 10.6 Å². The molecule has 1 N–H and O–H groups in total. The van der Waals surface area contributed by atoms with Gasteiger partial charge in [-0.3, -0.25) is 0 Å². The number of fused-ring (bicyclic) bond motifs is 2. The molecule has 107 valence electrons. The topological polar surface area (TPSA) is 26.1 Å². The summed E-state index contributed by atoms with van der Waals surface area (Å²) in [6, 6.07) is 10.6. The number of benzene rings is 1. The maximum atomic E-state index is 5.26. The fourth-order valence-electron chi connectivity index (χ4n) is 4.56. The summed E-state index contributed by atoms with van der Waals surface area (Å²) in [4.78, 5) is 0. The standard InChI is InChI=1S/C18H25N2/c1-3-7-15-13(5-1)11-12-19-18(15)17-10-9-14-6-2-4-8-16(14)20-17/h1,3,5,7,14,16-19H,2,4,6,8-12H2. The van der Waals surface area contributed by atoms with E-state index in [9.17, 15) is 0 Å². The summed E-state index contributed by atoms with van der Waals surface area (Å²) in [6.45, 7) is 1.11. The van der Waals surface area contributed by atoms with Crippen LogP contribution < -0.4 is 10.6 Å². The fraction of sp³-hybridized carbons (Fsp3) is 0.667. The van der Waals surface area contributed by atoms with Crippen molar-refractivity contribution in [3.05, 3.63) is 35.4 Å². The monoisotopic (exact) mass is 269 g/mol. The van der Waals surface area contributed by atoms with Crippen molar-refractivity contribution in [2.75, 3.05) is 6.54 Å². The summed E-state index contributed by atoms with van der Waals surface area (Å²) in [5, 5.41) is 9.01. The van der Waals surface area contributed by atoms with E-state index < -0.39 is 0 Å². The summed E-state index contributed by atoms with van der Waals surface area (Å²) in [5.74, 6) is 0.902. The van der Waals surface area contributed by atoms with E-state index in [0.29, 0.717) is 18.1 Å². The molecule has 0 bridgehead atoms. The lowest BCUT2D eigenvalue weighted by Gasteiger charge is -2.43. The molecule has 1 aromatic rings. The first kappa shape index (κ1) is 12.8. The van der Waals surface area contributed by atoms with Crippen molar-refractivity contribution in [3.63, 3.8) is 0 Å². The zero-order valence-electron chi connectivity index (χ0n) is 12.2. The van der Waals surface area contributed by atoms with E-state index in [-0.39, 0.29) is 0 Å². The van der Waals surface area contributed by atoms with E-state index in [0.717, 1.165) is 12.5 Å². The molecule has 3 aliphatic rings. The second-order valence-corrected chi connectivity index (χ2v) is 6.79. The molecule has 2 fully saturated rings. The van der Waals surface area contributed by atoms with Crippen LogP contribution in [0.25, 0.3) is 0 Å². The van der Waals surface area contributed by atoms with Gasteiger partial charge >= 0.3 is 0 Å². The lowest BCUT2D eigenvalue weighted by atomic mass is 9.75. The lowest BCUT2D eigenvalue weighted by molar-refractivity contribution is 0.149. The molecule has 2 aliphatic heterocycles. The van der Waals surface area contributed by atoms with Crippen LogP contribution in [0, 0.1) is 5.92 Å². The van der Waals surface area contributed by atoms with Gasteiger partial charge in [0.25, 0.3) is 0 Å². The van der Waals surface area contributed by atoms with Crippen LogP contribution in [0.4, 0.5) is 0 Å². The molecule has 1 aromatic carbocycles. The maximum Gasteiger partial charge on any atom is 0.0495 e. The minimum Gasteiger partial charge on any atom is -0.308 e. The highest BCUT2D eigenvalue weighted by atomic mass is 15.1. The van der Waals surface area contributed by atoms with Crippen LogP contribution in [0.15, 0.2) is 24.3 Å². The Hall–Kier alpha value is -0.860. The van der Waals surface area contributed by atoms with Gasteiger partial charge in [0.2, 0.25) is 0 Å². The molecule has 4 unspecified atom stereocenters. The number of piperidine rings is 1. The van der Waals surface area contributed by atoms with Crippen molar-refractivity contribution in [1.29, 1.82) is 0 Å². The predicted octanol–water partition coefficient (Wildman–Crippen LogP) is 3.20. The molecule has 2 heteroatoms. The number of hydrogen-bond donors (Lipinski definition) is 1. The highest BCUT2D eigenvalue weighted by Gasteiger charge is 2.37. The van der Waals surface area contributed by atoms with Gasteiger partial charge in [0.1, 0.15) is 0 Å². The average molecular weight is 269 g/mol. The summed E-state index contributed by atoms with van der Waals surface area (Å²) in [7, 11) is 0. The predicted molar refractivity (Wildman–Crippen MR) is 81.8 cm³/mol. The molecule has 1 aliphatic carbocycles. The summed E-state index contributed by atoms with van der Waals surface area (Å²) in [6.07, 6.45) is 9.46. The van der Waals surface area contributed by atoms with Crippen molar-refractivity contribution < 1.29 is 0 Å². The Morgan fingerprint density at radius 3 is 2.85 bits per heavy atom. The number of nitrogens with one attached hydrogen (secondary N) is 1. The highest BCUT2D eigenvalue weighted by Crippen LogP contribution is 2.37. The Bertz CT molecular complexity index is 470. The van der Waals surface area contributed by atoms with Crippen LogP contribution in [-0.4, -0.2) is 18.6 Å². The number of nitrogens with zero attached hydrogens (tertiary/aromatic N) is 1. The molecule has 20 heavy (non-hydrogen) atoms. The molecule has 2 heterocycles. The summed E-state index contributed by atoms with van der Waals surface area (Å²) < 4.78 is 0. The normalized spacial score (nSPS) is 37.0. The van der Waals surface area contributed by atoms with E-state index in [1.807, 2.05) is 0 Å². The largest absolute Gasteiger partial charge is 0.308 e. The molecule has 0 aromatic heterocycles. The lowest BCUT2D eigenvalue weighted by Crippen LogP contribution is -2.50. The van der Waals surface area contributed by atoms with Crippen LogP contribution in [0.3, 0.4) is 0 Å². The minimum atomic E-state index is 0.475. The average Bonchev–Trinajstić information content (AvgIpc) is 2.54. The number of rotatable bonds is 1. The van der Waals surface area contributed by atoms with Gasteiger partial charge in [-0.25, -0.2) is 5.32 Å². The first-order valence-electron chi connectivity index (χ1n) is 8.43. The Morgan fingerprint density at radius 2 is 1.85 bits per heavy atom. The highest BCUT2D eigenvalue weighted by molar-refractivity contribution is 5.33. The number of hydrogen-bond acceptors (Lipinski definition) is 1. The third-order valence-corrected chi connectivity index (χ3v) is 5.62. The van der Waals surface area contributed by atoms with Crippen molar-refractivity contribution in [2.24, 2.45) is 5.92 Å². The van der Waals surface area contributed by atoms with Crippen LogP contribution in [0.5, 0.6) is 0 Å². The van der Waals surface area contributed by atoms with Crippen LogP contribution in [-0.2, 0) is 6.42 Å². The van der Waals surface area contributed by atoms with Crippen LogP contribution in [0.2, 0.25) is 0 Å². The first-order valence-corrected chi connectivity index (χ1v) is 8.43. The van der Waals surface area contributed by atoms with E-state index in [1.165, 1.54) is 56.1 Å². The van der Waals surface area contributed by atoms with Crippen molar-refractivity contribution >= 4 is 0 Å². The maximum absolute atomic E-state index is 5.26. The van der Waals surface area contributed by atoms with Gasteiger partial charge in [0.15, 0.2) is 0 Å². The van der Waals surface area contributed by atoms with E-state index >= 15 is 0 Å². The van der Waals surface area contributed by atoms with E-state index in [4.69, 9.17) is 5.32 Å². The van der Waals surface area contributed by atoms with Crippen molar-refractivity contribution in [3.8, 4) is 0 Å². The second kappa shape index (κ2) is 5.50. The third-order valence-electron chi connectivity index (χ3n) is 5.62.